The Morgan fingerprint density at radius 3 is 2.17 bits per heavy atom. The van der Waals surface area contributed by atoms with Gasteiger partial charge in [-0.3, -0.25) is 14.6 Å². The van der Waals surface area contributed by atoms with Gasteiger partial charge in [-0.2, -0.15) is 5.01 Å². The molecule has 3 amide bonds. The van der Waals surface area contributed by atoms with Crippen molar-refractivity contribution >= 4 is 40.1 Å². The quantitative estimate of drug-likeness (QED) is 0.241. The summed E-state index contributed by atoms with van der Waals surface area (Å²) in [6.07, 6.45) is -0.864. The van der Waals surface area contributed by atoms with Crippen LogP contribution in [-0.4, -0.2) is 28.0 Å². The van der Waals surface area contributed by atoms with Crippen molar-refractivity contribution in [1.29, 1.82) is 0 Å². The van der Waals surface area contributed by atoms with Gasteiger partial charge in [-0.05, 0) is 42.3 Å². The zero-order valence-electron chi connectivity index (χ0n) is 22.7. The van der Waals surface area contributed by atoms with Gasteiger partial charge in [0.2, 0.25) is 0 Å². The maximum absolute atomic E-state index is 13.8. The van der Waals surface area contributed by atoms with E-state index in [1.54, 1.807) is 41.4 Å². The Kier molecular flexibility index (Phi) is 7.02. The number of nitrogens with one attached hydrogen (secondary N) is 1. The summed E-state index contributed by atoms with van der Waals surface area (Å²) in [4.78, 5) is 40.5. The Balaban J connectivity index is 1.38. The molecule has 42 heavy (non-hydrogen) atoms. The number of fused-ring (bicyclic) bond motifs is 1. The fourth-order valence-electron chi connectivity index (χ4n) is 5.22. The molecule has 1 atom stereocenters. The van der Waals surface area contributed by atoms with Crippen LogP contribution < -0.4 is 15.1 Å². The SMILES string of the molecule is Cc1ccccc1NC(=O)c1cc(OC(=O)N2C(=O)CC(c3ccccc3)N2c2ccccc2)c2ccccc2c1O. The third-order valence-electron chi connectivity index (χ3n) is 7.31. The summed E-state index contributed by atoms with van der Waals surface area (Å²) in [6, 6.07) is 33.6. The summed E-state index contributed by atoms with van der Waals surface area (Å²) in [5.41, 5.74) is 2.87. The molecular weight excluding hydrogens is 530 g/mol. The van der Waals surface area contributed by atoms with E-state index in [0.29, 0.717) is 22.1 Å². The number of para-hydroxylation sites is 2. The van der Waals surface area contributed by atoms with Crippen LogP contribution in [-0.2, 0) is 4.79 Å². The van der Waals surface area contributed by atoms with Gasteiger partial charge in [0.1, 0.15) is 11.5 Å². The number of hydrogen-bond donors (Lipinski definition) is 2. The number of carbonyl (C=O) groups is 3. The van der Waals surface area contributed by atoms with Gasteiger partial charge in [-0.15, -0.1) is 0 Å². The molecule has 1 unspecified atom stereocenters. The van der Waals surface area contributed by atoms with Crippen molar-refractivity contribution in [2.75, 3.05) is 10.3 Å². The van der Waals surface area contributed by atoms with Crippen molar-refractivity contribution in [3.63, 3.8) is 0 Å². The Labute approximate surface area is 242 Å². The molecule has 1 aliphatic heterocycles. The van der Waals surface area contributed by atoms with E-state index in [9.17, 15) is 19.5 Å². The van der Waals surface area contributed by atoms with E-state index >= 15 is 0 Å². The largest absolute Gasteiger partial charge is 0.506 e. The molecule has 2 N–H and O–H groups in total. The first-order valence-corrected chi connectivity index (χ1v) is 13.5. The average molecular weight is 558 g/mol. The second kappa shape index (κ2) is 11.1. The maximum Gasteiger partial charge on any atom is 0.441 e. The Morgan fingerprint density at radius 1 is 0.833 bits per heavy atom. The van der Waals surface area contributed by atoms with E-state index in [-0.39, 0.29) is 23.5 Å². The Morgan fingerprint density at radius 2 is 1.45 bits per heavy atom. The van der Waals surface area contributed by atoms with E-state index in [4.69, 9.17) is 4.74 Å². The fraction of sp³-hybridized carbons (Fsp3) is 0.0882. The summed E-state index contributed by atoms with van der Waals surface area (Å²) in [5, 5.41) is 17.2. The first kappa shape index (κ1) is 26.6. The van der Waals surface area contributed by atoms with Gasteiger partial charge in [0.25, 0.3) is 11.8 Å². The Bertz CT molecular complexity index is 1810. The number of hydrazine groups is 1. The van der Waals surface area contributed by atoms with Crippen LogP contribution in [0.4, 0.5) is 16.2 Å². The maximum atomic E-state index is 13.8. The van der Waals surface area contributed by atoms with E-state index in [1.165, 1.54) is 6.07 Å². The molecular formula is C34H27N3O5. The number of carbonyl (C=O) groups excluding carboxylic acids is 3. The monoisotopic (exact) mass is 557 g/mol. The minimum Gasteiger partial charge on any atom is -0.506 e. The number of amides is 3. The number of phenols is 1. The standard InChI is InChI=1S/C34H27N3O5/c1-22-12-8-11-19-28(22)35-33(40)27-20-30(25-17-9-10-18-26(25)32(27)39)42-34(41)37-31(38)21-29(23-13-4-2-5-14-23)36(37)24-15-6-3-7-16-24/h2-20,29,39H,21H2,1H3,(H,35,40). The fourth-order valence-corrected chi connectivity index (χ4v) is 5.22. The van der Waals surface area contributed by atoms with Crippen LogP contribution >= 0.6 is 0 Å². The highest BCUT2D eigenvalue weighted by atomic mass is 16.6. The second-order valence-corrected chi connectivity index (χ2v) is 9.97. The van der Waals surface area contributed by atoms with Gasteiger partial charge >= 0.3 is 6.09 Å². The van der Waals surface area contributed by atoms with Gasteiger partial charge in [0.05, 0.1) is 23.7 Å². The molecule has 8 heteroatoms. The molecule has 0 radical (unpaired) electrons. The highest BCUT2D eigenvalue weighted by Gasteiger charge is 2.44. The lowest BCUT2D eigenvalue weighted by atomic mass is 10.0. The van der Waals surface area contributed by atoms with Crippen LogP contribution in [0.1, 0.15) is 33.9 Å². The zero-order chi connectivity index (χ0) is 29.2. The van der Waals surface area contributed by atoms with E-state index < -0.39 is 23.9 Å². The van der Waals surface area contributed by atoms with Crippen LogP contribution in [0, 0.1) is 6.92 Å². The lowest BCUT2D eigenvalue weighted by Gasteiger charge is -2.32. The molecule has 0 aliphatic carbocycles. The predicted molar refractivity (Wildman–Crippen MR) is 160 cm³/mol. The number of aryl methyl sites for hydroxylation is 1. The highest BCUT2D eigenvalue weighted by Crippen LogP contribution is 2.40. The molecule has 1 heterocycles. The van der Waals surface area contributed by atoms with Crippen LogP contribution in [0.2, 0.25) is 0 Å². The number of rotatable bonds is 5. The van der Waals surface area contributed by atoms with Crippen LogP contribution in [0.15, 0.2) is 115 Å². The van der Waals surface area contributed by atoms with Crippen LogP contribution in [0.3, 0.4) is 0 Å². The normalized spacial score (nSPS) is 14.7. The number of aromatic hydroxyl groups is 1. The molecule has 8 nitrogen and oxygen atoms in total. The number of nitrogens with zero attached hydrogens (tertiary/aromatic N) is 2. The zero-order valence-corrected chi connectivity index (χ0v) is 22.7. The van der Waals surface area contributed by atoms with E-state index in [2.05, 4.69) is 5.32 Å². The minimum atomic E-state index is -0.927. The summed E-state index contributed by atoms with van der Waals surface area (Å²) < 4.78 is 5.87. The molecule has 0 saturated carbocycles. The topological polar surface area (TPSA) is 99.2 Å². The lowest BCUT2D eigenvalue weighted by molar-refractivity contribution is -0.126. The number of benzene rings is 5. The van der Waals surface area contributed by atoms with Crippen molar-refractivity contribution in [1.82, 2.24) is 5.01 Å². The number of anilines is 2. The molecule has 1 saturated heterocycles. The van der Waals surface area contributed by atoms with Crippen molar-refractivity contribution in [2.45, 2.75) is 19.4 Å². The smallest absolute Gasteiger partial charge is 0.441 e. The van der Waals surface area contributed by atoms with Crippen LogP contribution in [0.25, 0.3) is 10.8 Å². The van der Waals surface area contributed by atoms with E-state index in [1.807, 2.05) is 79.7 Å². The van der Waals surface area contributed by atoms with Crippen molar-refractivity contribution in [2.24, 2.45) is 0 Å². The molecule has 0 bridgehead atoms. The molecule has 0 spiro atoms. The summed E-state index contributed by atoms with van der Waals surface area (Å²) >= 11 is 0. The molecule has 1 aliphatic rings. The Hall–Kier alpha value is -5.63. The summed E-state index contributed by atoms with van der Waals surface area (Å²) in [5.74, 6) is -1.22. The van der Waals surface area contributed by atoms with Gasteiger partial charge < -0.3 is 15.2 Å². The molecule has 5 aromatic rings. The van der Waals surface area contributed by atoms with Crippen molar-refractivity contribution in [3.8, 4) is 11.5 Å². The number of phenolic OH excluding ortho intramolecular Hbond substituents is 1. The third-order valence-corrected chi connectivity index (χ3v) is 7.31. The molecule has 208 valence electrons. The minimum absolute atomic E-state index is 0.0345. The molecule has 1 fully saturated rings. The van der Waals surface area contributed by atoms with Gasteiger partial charge in [0, 0.05) is 16.5 Å². The number of ether oxygens (including phenoxy) is 1. The van der Waals surface area contributed by atoms with Crippen molar-refractivity contribution in [3.05, 3.63) is 132 Å². The van der Waals surface area contributed by atoms with Gasteiger partial charge in [-0.1, -0.05) is 91.0 Å². The van der Waals surface area contributed by atoms with Gasteiger partial charge in [0.15, 0.2) is 0 Å². The van der Waals surface area contributed by atoms with E-state index in [0.717, 1.165) is 16.1 Å². The first-order valence-electron chi connectivity index (χ1n) is 13.5. The summed E-state index contributed by atoms with van der Waals surface area (Å²) in [7, 11) is 0. The average Bonchev–Trinajstić information content (AvgIpc) is 3.37. The first-order chi connectivity index (χ1) is 20.4. The molecule has 6 rings (SSSR count). The predicted octanol–water partition coefficient (Wildman–Crippen LogP) is 7.00. The molecule has 0 aromatic heterocycles. The second-order valence-electron chi connectivity index (χ2n) is 9.97. The number of imide groups is 1. The van der Waals surface area contributed by atoms with Crippen molar-refractivity contribution < 1.29 is 24.2 Å². The molecule has 5 aromatic carbocycles. The number of hydrogen-bond acceptors (Lipinski definition) is 6. The third kappa shape index (κ3) is 4.90. The van der Waals surface area contributed by atoms with Gasteiger partial charge in [-0.25, -0.2) is 4.79 Å². The summed E-state index contributed by atoms with van der Waals surface area (Å²) in [6.45, 7) is 1.86. The van der Waals surface area contributed by atoms with Crippen LogP contribution in [0.5, 0.6) is 11.5 Å². The lowest BCUT2D eigenvalue weighted by Crippen LogP contribution is -2.46. The highest BCUT2D eigenvalue weighted by molar-refractivity contribution is 6.12.